The van der Waals surface area contributed by atoms with Gasteiger partial charge in [0.05, 0.1) is 11.1 Å². The van der Waals surface area contributed by atoms with Crippen LogP contribution in [0.4, 0.5) is 0 Å². The lowest BCUT2D eigenvalue weighted by Gasteiger charge is -2.01. The number of para-hydroxylation sites is 1. The molecule has 70 valence electrons. The zero-order chi connectivity index (χ0) is 10.1. The molecule has 1 aromatic carbocycles. The van der Waals surface area contributed by atoms with Crippen molar-refractivity contribution >= 4 is 44.7 Å². The van der Waals surface area contributed by atoms with Gasteiger partial charge in [-0.2, -0.15) is 0 Å². The Morgan fingerprint density at radius 2 is 2.21 bits per heavy atom. The molecule has 14 heavy (non-hydrogen) atoms. The van der Waals surface area contributed by atoms with Crippen LogP contribution >= 0.6 is 27.5 Å². The van der Waals surface area contributed by atoms with Crippen molar-refractivity contribution in [2.45, 2.75) is 0 Å². The number of pyridine rings is 1. The molecule has 0 aliphatic heterocycles. The first kappa shape index (κ1) is 9.62. The molecule has 0 unspecified atom stereocenters. The maximum absolute atomic E-state index is 10.6. The molecule has 4 heteroatoms. The number of benzene rings is 1. The molecule has 0 atom stereocenters. The zero-order valence-electron chi connectivity index (χ0n) is 7.00. The minimum Gasteiger partial charge on any atom is -0.298 e. The molecule has 0 aliphatic carbocycles. The van der Waals surface area contributed by atoms with E-state index in [1.54, 1.807) is 6.07 Å². The van der Waals surface area contributed by atoms with Crippen molar-refractivity contribution < 1.29 is 4.79 Å². The third-order valence-corrected chi connectivity index (χ3v) is 2.85. The second-order valence-electron chi connectivity index (χ2n) is 2.80. The van der Waals surface area contributed by atoms with Gasteiger partial charge in [-0.15, -0.1) is 0 Å². The summed E-state index contributed by atoms with van der Waals surface area (Å²) in [5.74, 6) is 0. The molecule has 0 aliphatic rings. The summed E-state index contributed by atoms with van der Waals surface area (Å²) in [5.41, 5.74) is 1.18. The molecular weight excluding hydrogens is 265 g/mol. The Balaban J connectivity index is 2.85. The SMILES string of the molecule is O=Cc1cc2cccc(Br)c2nc1Cl. The highest BCUT2D eigenvalue weighted by Gasteiger charge is 2.05. The highest BCUT2D eigenvalue weighted by Crippen LogP contribution is 2.25. The van der Waals surface area contributed by atoms with E-state index in [-0.39, 0.29) is 5.15 Å². The minimum absolute atomic E-state index is 0.236. The number of hydrogen-bond acceptors (Lipinski definition) is 2. The van der Waals surface area contributed by atoms with Gasteiger partial charge in [0.1, 0.15) is 5.15 Å². The second-order valence-corrected chi connectivity index (χ2v) is 4.01. The van der Waals surface area contributed by atoms with E-state index in [0.717, 1.165) is 15.4 Å². The molecule has 1 aromatic heterocycles. The Kier molecular flexibility index (Phi) is 2.52. The van der Waals surface area contributed by atoms with E-state index >= 15 is 0 Å². The molecule has 0 N–H and O–H groups in total. The number of halogens is 2. The lowest BCUT2D eigenvalue weighted by molar-refractivity contribution is 0.112. The minimum atomic E-state index is 0.236. The van der Waals surface area contributed by atoms with E-state index in [4.69, 9.17) is 11.6 Å². The van der Waals surface area contributed by atoms with Crippen LogP contribution in [-0.2, 0) is 0 Å². The molecular formula is C10H5BrClNO. The van der Waals surface area contributed by atoms with Crippen LogP contribution in [0.15, 0.2) is 28.7 Å². The lowest BCUT2D eigenvalue weighted by atomic mass is 10.2. The summed E-state index contributed by atoms with van der Waals surface area (Å²) in [6, 6.07) is 7.38. The lowest BCUT2D eigenvalue weighted by Crippen LogP contribution is -1.88. The Bertz CT molecular complexity index is 513. The topological polar surface area (TPSA) is 30.0 Å². The summed E-state index contributed by atoms with van der Waals surface area (Å²) in [4.78, 5) is 14.8. The monoisotopic (exact) mass is 269 g/mol. The normalized spacial score (nSPS) is 10.4. The van der Waals surface area contributed by atoms with E-state index in [1.807, 2.05) is 18.2 Å². The fourth-order valence-corrected chi connectivity index (χ4v) is 1.89. The first-order chi connectivity index (χ1) is 6.72. The molecule has 2 aromatic rings. The smallest absolute Gasteiger partial charge is 0.153 e. The summed E-state index contributed by atoms with van der Waals surface area (Å²) in [5, 5.41) is 1.13. The molecule has 1 heterocycles. The molecule has 0 bridgehead atoms. The van der Waals surface area contributed by atoms with Crippen LogP contribution in [0.3, 0.4) is 0 Å². The van der Waals surface area contributed by atoms with Crippen LogP contribution in [-0.4, -0.2) is 11.3 Å². The van der Waals surface area contributed by atoms with Gasteiger partial charge in [0.25, 0.3) is 0 Å². The summed E-state index contributed by atoms with van der Waals surface area (Å²) in [6.07, 6.45) is 0.704. The van der Waals surface area contributed by atoms with Crippen LogP contribution in [0.5, 0.6) is 0 Å². The second kappa shape index (κ2) is 3.67. The van der Waals surface area contributed by atoms with Gasteiger partial charge in [-0.05, 0) is 28.1 Å². The maximum Gasteiger partial charge on any atom is 0.153 e. The first-order valence-electron chi connectivity index (χ1n) is 3.92. The largest absolute Gasteiger partial charge is 0.298 e. The van der Waals surface area contributed by atoms with Crippen molar-refractivity contribution in [2.75, 3.05) is 0 Å². The van der Waals surface area contributed by atoms with E-state index in [0.29, 0.717) is 11.8 Å². The van der Waals surface area contributed by atoms with Crippen molar-refractivity contribution in [1.82, 2.24) is 4.98 Å². The van der Waals surface area contributed by atoms with Crippen LogP contribution in [0, 0.1) is 0 Å². The van der Waals surface area contributed by atoms with Crippen molar-refractivity contribution in [1.29, 1.82) is 0 Å². The molecule has 2 nitrogen and oxygen atoms in total. The van der Waals surface area contributed by atoms with E-state index in [1.165, 1.54) is 0 Å². The number of hydrogen-bond donors (Lipinski definition) is 0. The predicted molar refractivity (Wildman–Crippen MR) is 59.8 cm³/mol. The third-order valence-electron chi connectivity index (χ3n) is 1.90. The number of carbonyl (C=O) groups is 1. The van der Waals surface area contributed by atoms with Crippen molar-refractivity contribution in [3.05, 3.63) is 39.5 Å². The summed E-state index contributed by atoms with van der Waals surface area (Å²) in [6.45, 7) is 0. The summed E-state index contributed by atoms with van der Waals surface area (Å²) in [7, 11) is 0. The molecule has 0 spiro atoms. The predicted octanol–water partition coefficient (Wildman–Crippen LogP) is 3.46. The van der Waals surface area contributed by atoms with E-state index < -0.39 is 0 Å². The van der Waals surface area contributed by atoms with Crippen LogP contribution < -0.4 is 0 Å². The van der Waals surface area contributed by atoms with Gasteiger partial charge in [-0.1, -0.05) is 23.7 Å². The van der Waals surface area contributed by atoms with Gasteiger partial charge in [0.15, 0.2) is 6.29 Å². The highest BCUT2D eigenvalue weighted by atomic mass is 79.9. The molecule has 0 radical (unpaired) electrons. The van der Waals surface area contributed by atoms with Gasteiger partial charge in [-0.25, -0.2) is 4.98 Å². The standard InChI is InChI=1S/C10H5BrClNO/c11-8-3-1-2-6-4-7(5-14)10(12)13-9(6)8/h1-5H. The van der Waals surface area contributed by atoms with Crippen LogP contribution in [0.2, 0.25) is 5.15 Å². The quantitative estimate of drug-likeness (QED) is 0.587. The number of aldehydes is 1. The highest BCUT2D eigenvalue weighted by molar-refractivity contribution is 9.10. The Labute approximate surface area is 94.0 Å². The molecule has 0 saturated carbocycles. The molecule has 0 amide bonds. The Morgan fingerprint density at radius 1 is 1.43 bits per heavy atom. The Morgan fingerprint density at radius 3 is 2.93 bits per heavy atom. The zero-order valence-corrected chi connectivity index (χ0v) is 9.34. The fourth-order valence-electron chi connectivity index (χ4n) is 1.24. The van der Waals surface area contributed by atoms with Crippen LogP contribution in [0.1, 0.15) is 10.4 Å². The number of aromatic nitrogens is 1. The average molecular weight is 271 g/mol. The Hall–Kier alpha value is -0.930. The molecule has 0 fully saturated rings. The van der Waals surface area contributed by atoms with E-state index in [2.05, 4.69) is 20.9 Å². The number of rotatable bonds is 1. The molecule has 2 rings (SSSR count). The summed E-state index contributed by atoms with van der Waals surface area (Å²) < 4.78 is 0.870. The van der Waals surface area contributed by atoms with Gasteiger partial charge < -0.3 is 0 Å². The first-order valence-corrected chi connectivity index (χ1v) is 5.09. The summed E-state index contributed by atoms with van der Waals surface area (Å²) >= 11 is 9.18. The van der Waals surface area contributed by atoms with Gasteiger partial charge in [0, 0.05) is 9.86 Å². The van der Waals surface area contributed by atoms with Gasteiger partial charge in [-0.3, -0.25) is 4.79 Å². The average Bonchev–Trinajstić information content (AvgIpc) is 2.19. The maximum atomic E-state index is 10.6. The van der Waals surface area contributed by atoms with Crippen molar-refractivity contribution in [3.63, 3.8) is 0 Å². The number of fused-ring (bicyclic) bond motifs is 1. The van der Waals surface area contributed by atoms with Crippen molar-refractivity contribution in [3.8, 4) is 0 Å². The molecule has 0 saturated heterocycles. The third kappa shape index (κ3) is 1.53. The van der Waals surface area contributed by atoms with Gasteiger partial charge in [0.2, 0.25) is 0 Å². The van der Waals surface area contributed by atoms with E-state index in [9.17, 15) is 4.79 Å². The fraction of sp³-hybridized carbons (Fsp3) is 0. The number of nitrogens with zero attached hydrogens (tertiary/aromatic N) is 1. The number of carbonyl (C=O) groups excluding carboxylic acids is 1. The van der Waals surface area contributed by atoms with Crippen molar-refractivity contribution in [2.24, 2.45) is 0 Å². The van der Waals surface area contributed by atoms with Crippen LogP contribution in [0.25, 0.3) is 10.9 Å². The van der Waals surface area contributed by atoms with Gasteiger partial charge >= 0.3 is 0 Å².